The molecular weight excluding hydrogens is 795 g/mol. The van der Waals surface area contributed by atoms with E-state index in [0.717, 1.165) is 16.7 Å². The minimum atomic E-state index is -1.00. The third-order valence-corrected chi connectivity index (χ3v) is 11.1. The highest BCUT2D eigenvalue weighted by Crippen LogP contribution is 2.37. The molecule has 3 aromatic carbocycles. The Labute approximate surface area is 325 Å². The third-order valence-electron chi connectivity index (χ3n) is 9.76. The van der Waals surface area contributed by atoms with Gasteiger partial charge >= 0.3 is 5.97 Å². The van der Waals surface area contributed by atoms with Gasteiger partial charge in [0.05, 0.1) is 54.3 Å². The molecule has 0 unspecified atom stereocenters. The molecule has 0 aliphatic carbocycles. The van der Waals surface area contributed by atoms with Gasteiger partial charge in [0.1, 0.15) is 18.3 Å². The van der Waals surface area contributed by atoms with Crippen molar-refractivity contribution < 1.29 is 52.5 Å². The number of benzene rings is 3. The number of alkyl halides is 1. The summed E-state index contributed by atoms with van der Waals surface area (Å²) in [5, 5.41) is 10.6. The summed E-state index contributed by atoms with van der Waals surface area (Å²) in [5.74, 6) is -0.409. The van der Waals surface area contributed by atoms with Gasteiger partial charge in [-0.15, -0.1) is 0 Å². The summed E-state index contributed by atoms with van der Waals surface area (Å²) in [4.78, 5) is 12.2. The van der Waals surface area contributed by atoms with Crippen molar-refractivity contribution in [1.29, 1.82) is 0 Å². The van der Waals surface area contributed by atoms with E-state index in [9.17, 15) is 9.90 Å². The monoisotopic (exact) mass is 846 g/mol. The topological polar surface area (TPSA) is 120 Å². The van der Waals surface area contributed by atoms with E-state index in [1.807, 2.05) is 112 Å². The van der Waals surface area contributed by atoms with E-state index in [1.165, 1.54) is 6.92 Å². The molecule has 3 fully saturated rings. The maximum absolute atomic E-state index is 12.2. The van der Waals surface area contributed by atoms with E-state index >= 15 is 0 Å². The average molecular weight is 847 g/mol. The van der Waals surface area contributed by atoms with E-state index in [-0.39, 0.29) is 10.3 Å². The molecule has 0 spiro atoms. The van der Waals surface area contributed by atoms with Crippen molar-refractivity contribution >= 4 is 28.6 Å². The van der Waals surface area contributed by atoms with Crippen LogP contribution in [0.5, 0.6) is 0 Å². The molecule has 0 amide bonds. The van der Waals surface area contributed by atoms with Crippen LogP contribution in [0.3, 0.4) is 0 Å². The molecule has 288 valence electrons. The fourth-order valence-electron chi connectivity index (χ4n) is 7.14. The molecule has 0 saturated carbocycles. The third kappa shape index (κ3) is 11.1. The van der Waals surface area contributed by atoms with Crippen LogP contribution >= 0.6 is 22.6 Å². The van der Waals surface area contributed by atoms with E-state index in [4.69, 9.17) is 42.6 Å². The molecule has 3 aromatic rings. The van der Waals surface area contributed by atoms with Crippen molar-refractivity contribution in [2.24, 2.45) is 0 Å². The molecule has 53 heavy (non-hydrogen) atoms. The predicted octanol–water partition coefficient (Wildman–Crippen LogP) is 6.26. The number of aliphatic hydroxyl groups excluding tert-OH is 1. The van der Waals surface area contributed by atoms with E-state index in [0.29, 0.717) is 26.2 Å². The zero-order valence-electron chi connectivity index (χ0n) is 30.6. The number of halogens is 1. The van der Waals surface area contributed by atoms with E-state index < -0.39 is 79.8 Å². The molecule has 0 bridgehead atoms. The summed E-state index contributed by atoms with van der Waals surface area (Å²) < 4.78 is 57.0. The predicted molar refractivity (Wildman–Crippen MR) is 203 cm³/mol. The number of hydrogen-bond acceptors (Lipinski definition) is 11. The molecule has 12 heteroatoms. The fourth-order valence-corrected chi connectivity index (χ4v) is 8.09. The van der Waals surface area contributed by atoms with Gasteiger partial charge < -0.3 is 47.7 Å². The van der Waals surface area contributed by atoms with Crippen molar-refractivity contribution in [3.05, 3.63) is 108 Å². The lowest BCUT2D eigenvalue weighted by Crippen LogP contribution is -2.60. The Hall–Kier alpha value is -2.50. The largest absolute Gasteiger partial charge is 0.457 e. The van der Waals surface area contributed by atoms with Crippen LogP contribution in [0.2, 0.25) is 0 Å². The van der Waals surface area contributed by atoms with Gasteiger partial charge in [0.15, 0.2) is 25.0 Å². The fraction of sp³-hybridized carbons (Fsp3) is 0.537. The number of hydrogen-bond donors (Lipinski definition) is 1. The normalized spacial score (nSPS) is 34.7. The molecule has 11 nitrogen and oxygen atoms in total. The van der Waals surface area contributed by atoms with Gasteiger partial charge in [-0.1, -0.05) is 114 Å². The molecule has 0 aromatic heterocycles. The zero-order chi connectivity index (χ0) is 37.3. The Bertz CT molecular complexity index is 1530. The Kier molecular flexibility index (Phi) is 14.7. The highest BCUT2D eigenvalue weighted by molar-refractivity contribution is 14.1. The van der Waals surface area contributed by atoms with Crippen LogP contribution < -0.4 is 0 Å². The Balaban J connectivity index is 1.20. The van der Waals surface area contributed by atoms with Crippen LogP contribution in [-0.4, -0.2) is 88.8 Å². The summed E-state index contributed by atoms with van der Waals surface area (Å²) in [5.41, 5.74) is 3.05. The second-order valence-corrected chi connectivity index (χ2v) is 15.3. The number of aliphatic hydroxyl groups is 1. The highest BCUT2D eigenvalue weighted by atomic mass is 127. The first-order chi connectivity index (χ1) is 25.6. The van der Waals surface area contributed by atoms with E-state index in [1.54, 1.807) is 0 Å². The van der Waals surface area contributed by atoms with Crippen LogP contribution in [0.15, 0.2) is 91.0 Å². The zero-order valence-corrected chi connectivity index (χ0v) is 32.8. The number of rotatable bonds is 14. The number of ether oxygens (including phenoxy) is 9. The van der Waals surface area contributed by atoms with Crippen LogP contribution in [0, 0.1) is 0 Å². The van der Waals surface area contributed by atoms with Crippen LogP contribution in [0.25, 0.3) is 0 Å². The Morgan fingerprint density at radius 3 is 1.60 bits per heavy atom. The summed E-state index contributed by atoms with van der Waals surface area (Å²) >= 11 is 2.28. The smallest absolute Gasteiger partial charge is 0.303 e. The lowest BCUT2D eigenvalue weighted by Gasteiger charge is -2.47. The molecule has 1 N–H and O–H groups in total. The molecule has 0 radical (unpaired) electrons. The van der Waals surface area contributed by atoms with Crippen molar-refractivity contribution in [3.63, 3.8) is 0 Å². The first-order valence-corrected chi connectivity index (χ1v) is 19.6. The molecular formula is C41H51IO11. The Morgan fingerprint density at radius 1 is 0.642 bits per heavy atom. The first-order valence-electron chi connectivity index (χ1n) is 18.4. The average Bonchev–Trinajstić information content (AvgIpc) is 3.14. The van der Waals surface area contributed by atoms with E-state index in [2.05, 4.69) is 22.6 Å². The second kappa shape index (κ2) is 19.4. The lowest BCUT2D eigenvalue weighted by molar-refractivity contribution is -0.332. The maximum Gasteiger partial charge on any atom is 0.303 e. The first kappa shape index (κ1) is 40.2. The van der Waals surface area contributed by atoms with Gasteiger partial charge in [0, 0.05) is 19.8 Å². The molecule has 3 heterocycles. The molecule has 6 rings (SSSR count). The standard InChI is InChI=1S/C41H51IO11/c1-25-37(45-22-29-14-8-5-9-15-29)32(20-34(44)48-25)52-35-21-33(38(26(2)49-35)46-23-30-16-10-6-11-17-30)53-41-36(42)40(39(27(3)50-41)51-28(4)43)47-24-31-18-12-7-13-19-31/h5-19,25-27,32-41,44H,20-24H2,1-4H3/t25-,26-,27-,32+,33+,34+,35-,36+,37-,38-,39-,40+,41-/m0/s1. The number of carbonyl (C=O) groups excluding carboxylic acids is 1. The van der Waals surface area contributed by atoms with Crippen molar-refractivity contribution in [2.45, 2.75) is 138 Å². The Morgan fingerprint density at radius 2 is 1.09 bits per heavy atom. The van der Waals surface area contributed by atoms with Gasteiger partial charge in [-0.2, -0.15) is 0 Å². The van der Waals surface area contributed by atoms with Crippen LogP contribution in [0.1, 0.15) is 57.2 Å². The van der Waals surface area contributed by atoms with Gasteiger partial charge in [-0.25, -0.2) is 0 Å². The quantitative estimate of drug-likeness (QED) is 0.113. The maximum atomic E-state index is 12.2. The minimum absolute atomic E-state index is 0.217. The lowest BCUT2D eigenvalue weighted by atomic mass is 9.99. The van der Waals surface area contributed by atoms with Crippen LogP contribution in [0.4, 0.5) is 0 Å². The number of esters is 1. The second-order valence-electron chi connectivity index (χ2n) is 13.9. The van der Waals surface area contributed by atoms with Crippen molar-refractivity contribution in [2.75, 3.05) is 0 Å². The summed E-state index contributed by atoms with van der Waals surface area (Å²) in [7, 11) is 0. The van der Waals surface area contributed by atoms with Gasteiger partial charge in [-0.05, 0) is 37.5 Å². The summed E-state index contributed by atoms with van der Waals surface area (Å²) in [6.45, 7) is 8.13. The van der Waals surface area contributed by atoms with Gasteiger partial charge in [0.25, 0.3) is 0 Å². The minimum Gasteiger partial charge on any atom is -0.457 e. The van der Waals surface area contributed by atoms with Gasteiger partial charge in [0.2, 0.25) is 0 Å². The molecule has 3 aliphatic heterocycles. The SMILES string of the molecule is CC(=O)O[C@@H]1[C@H](OCc2ccccc2)[C@@H](I)[C@H](O[C@@H]2C[C@H](O[C@@H]3C[C@H](O)O[C@@H](C)[C@@H]3OCc3ccccc3)O[C@@H](C)[C@@H]2OCc2ccccc2)O[C@H]1C. The summed E-state index contributed by atoms with van der Waals surface area (Å²) in [6, 6.07) is 29.7. The van der Waals surface area contributed by atoms with Crippen LogP contribution in [-0.2, 0) is 67.2 Å². The molecule has 3 saturated heterocycles. The summed E-state index contributed by atoms with van der Waals surface area (Å²) in [6.07, 6.45) is -6.39. The van der Waals surface area contributed by atoms with Crippen molar-refractivity contribution in [1.82, 2.24) is 0 Å². The van der Waals surface area contributed by atoms with Crippen molar-refractivity contribution in [3.8, 4) is 0 Å². The molecule has 3 aliphatic rings. The number of carbonyl (C=O) groups is 1. The van der Waals surface area contributed by atoms with Gasteiger partial charge in [-0.3, -0.25) is 4.79 Å². The highest BCUT2D eigenvalue weighted by Gasteiger charge is 2.50. The molecule has 13 atom stereocenters.